The summed E-state index contributed by atoms with van der Waals surface area (Å²) in [5.74, 6) is 0.575. The third-order valence-electron chi connectivity index (χ3n) is 3.11. The first kappa shape index (κ1) is 15.4. The van der Waals surface area contributed by atoms with Gasteiger partial charge in [0.25, 0.3) is 5.91 Å². The fourth-order valence-corrected chi connectivity index (χ4v) is 1.89. The van der Waals surface area contributed by atoms with Crippen molar-refractivity contribution in [2.75, 3.05) is 5.32 Å². The van der Waals surface area contributed by atoms with Crippen LogP contribution in [0, 0.1) is 0 Å². The lowest BCUT2D eigenvalue weighted by atomic mass is 10.2. The Morgan fingerprint density at radius 2 is 1.95 bits per heavy atom. The molecule has 0 aliphatic carbocycles. The van der Waals surface area contributed by atoms with E-state index in [4.69, 9.17) is 16.3 Å². The Balaban J connectivity index is 2.07. The van der Waals surface area contributed by atoms with Crippen LogP contribution in [-0.4, -0.2) is 12.0 Å². The number of nitrogens with one attached hydrogen (secondary N) is 1. The number of anilines is 1. The average Bonchev–Trinajstić information content (AvgIpc) is 2.48. The first-order valence-corrected chi connectivity index (χ1v) is 7.30. The summed E-state index contributed by atoms with van der Waals surface area (Å²) in [5.41, 5.74) is 1.27. The standard InChI is InChI=1S/C17H18ClNO2/c1-3-12(2)21-16-6-4-5-15(11-16)19-17(20)13-7-9-14(18)10-8-13/h4-12H,3H2,1-2H3,(H,19,20). The van der Waals surface area contributed by atoms with Gasteiger partial charge in [-0.25, -0.2) is 0 Å². The van der Waals surface area contributed by atoms with Crippen molar-refractivity contribution in [2.24, 2.45) is 0 Å². The summed E-state index contributed by atoms with van der Waals surface area (Å²) in [7, 11) is 0. The van der Waals surface area contributed by atoms with E-state index in [1.807, 2.05) is 31.2 Å². The second kappa shape index (κ2) is 7.14. The van der Waals surface area contributed by atoms with Gasteiger partial charge in [0, 0.05) is 22.3 Å². The van der Waals surface area contributed by atoms with Gasteiger partial charge in [-0.2, -0.15) is 0 Å². The van der Waals surface area contributed by atoms with E-state index >= 15 is 0 Å². The van der Waals surface area contributed by atoms with Gasteiger partial charge in [0.15, 0.2) is 0 Å². The quantitative estimate of drug-likeness (QED) is 0.864. The largest absolute Gasteiger partial charge is 0.491 e. The molecule has 1 amide bonds. The molecule has 1 N–H and O–H groups in total. The van der Waals surface area contributed by atoms with Gasteiger partial charge < -0.3 is 10.1 Å². The molecule has 2 aromatic carbocycles. The van der Waals surface area contributed by atoms with Crippen LogP contribution in [0.15, 0.2) is 48.5 Å². The number of halogens is 1. The van der Waals surface area contributed by atoms with Crippen LogP contribution in [0.5, 0.6) is 5.75 Å². The van der Waals surface area contributed by atoms with Crippen LogP contribution in [0.3, 0.4) is 0 Å². The molecule has 0 heterocycles. The smallest absolute Gasteiger partial charge is 0.255 e. The molecule has 110 valence electrons. The predicted octanol–water partition coefficient (Wildman–Crippen LogP) is 4.77. The molecule has 0 radical (unpaired) electrons. The molecule has 0 aromatic heterocycles. The van der Waals surface area contributed by atoms with Crippen LogP contribution in [0.2, 0.25) is 5.02 Å². The highest BCUT2D eigenvalue weighted by Crippen LogP contribution is 2.20. The Bertz CT molecular complexity index is 610. The molecule has 0 saturated carbocycles. The Labute approximate surface area is 129 Å². The lowest BCUT2D eigenvalue weighted by Crippen LogP contribution is -2.13. The van der Waals surface area contributed by atoms with E-state index < -0.39 is 0 Å². The van der Waals surface area contributed by atoms with Crippen molar-refractivity contribution >= 4 is 23.2 Å². The normalized spacial score (nSPS) is 11.8. The van der Waals surface area contributed by atoms with Gasteiger partial charge in [-0.1, -0.05) is 24.6 Å². The van der Waals surface area contributed by atoms with E-state index in [1.54, 1.807) is 24.3 Å². The van der Waals surface area contributed by atoms with Crippen LogP contribution in [0.25, 0.3) is 0 Å². The number of carbonyl (C=O) groups excluding carboxylic acids is 1. The lowest BCUT2D eigenvalue weighted by molar-refractivity contribution is 0.102. The number of hydrogen-bond donors (Lipinski definition) is 1. The van der Waals surface area contributed by atoms with Gasteiger partial charge >= 0.3 is 0 Å². The van der Waals surface area contributed by atoms with Gasteiger partial charge in [0.05, 0.1) is 6.10 Å². The fraction of sp³-hybridized carbons (Fsp3) is 0.235. The second-order valence-corrected chi connectivity index (χ2v) is 5.26. The van der Waals surface area contributed by atoms with Crippen molar-refractivity contribution < 1.29 is 9.53 Å². The van der Waals surface area contributed by atoms with Gasteiger partial charge in [-0.05, 0) is 49.7 Å². The Hall–Kier alpha value is -2.00. The zero-order valence-electron chi connectivity index (χ0n) is 12.1. The Kier molecular flexibility index (Phi) is 5.23. The fourth-order valence-electron chi connectivity index (χ4n) is 1.77. The molecule has 0 saturated heterocycles. The molecule has 1 atom stereocenters. The van der Waals surface area contributed by atoms with Crippen LogP contribution in [-0.2, 0) is 0 Å². The van der Waals surface area contributed by atoms with Crippen LogP contribution >= 0.6 is 11.6 Å². The van der Waals surface area contributed by atoms with Gasteiger partial charge in [0.1, 0.15) is 5.75 Å². The molecule has 0 aliphatic heterocycles. The molecule has 0 fully saturated rings. The second-order valence-electron chi connectivity index (χ2n) is 4.83. The number of benzene rings is 2. The first-order chi connectivity index (χ1) is 10.1. The first-order valence-electron chi connectivity index (χ1n) is 6.92. The number of amides is 1. The van der Waals surface area contributed by atoms with E-state index in [2.05, 4.69) is 12.2 Å². The van der Waals surface area contributed by atoms with Crippen LogP contribution in [0.1, 0.15) is 30.6 Å². The molecule has 0 aliphatic rings. The molecule has 1 unspecified atom stereocenters. The summed E-state index contributed by atoms with van der Waals surface area (Å²) in [6.07, 6.45) is 1.08. The topological polar surface area (TPSA) is 38.3 Å². The third kappa shape index (κ3) is 4.50. The van der Waals surface area contributed by atoms with Gasteiger partial charge in [0.2, 0.25) is 0 Å². The molecular weight excluding hydrogens is 286 g/mol. The highest BCUT2D eigenvalue weighted by Gasteiger charge is 2.07. The molecule has 3 nitrogen and oxygen atoms in total. The minimum atomic E-state index is -0.174. The summed E-state index contributed by atoms with van der Waals surface area (Å²) in [6, 6.07) is 14.2. The Morgan fingerprint density at radius 1 is 1.24 bits per heavy atom. The van der Waals surface area contributed by atoms with Crippen molar-refractivity contribution in [1.29, 1.82) is 0 Å². The SMILES string of the molecule is CCC(C)Oc1cccc(NC(=O)c2ccc(Cl)cc2)c1. The predicted molar refractivity (Wildman–Crippen MR) is 86.2 cm³/mol. The van der Waals surface area contributed by atoms with E-state index in [1.165, 1.54) is 0 Å². The summed E-state index contributed by atoms with van der Waals surface area (Å²) in [4.78, 5) is 12.1. The molecule has 2 rings (SSSR count). The van der Waals surface area contributed by atoms with Gasteiger partial charge in [-0.15, -0.1) is 0 Å². The van der Waals surface area contributed by atoms with Crippen molar-refractivity contribution in [2.45, 2.75) is 26.4 Å². The summed E-state index contributed by atoms with van der Waals surface area (Å²) < 4.78 is 5.74. The number of carbonyl (C=O) groups is 1. The van der Waals surface area contributed by atoms with Crippen molar-refractivity contribution in [3.8, 4) is 5.75 Å². The average molecular weight is 304 g/mol. The highest BCUT2D eigenvalue weighted by molar-refractivity contribution is 6.30. The van der Waals surface area contributed by atoms with Crippen molar-refractivity contribution in [3.05, 3.63) is 59.1 Å². The van der Waals surface area contributed by atoms with E-state index in [0.29, 0.717) is 16.3 Å². The summed E-state index contributed by atoms with van der Waals surface area (Å²) in [6.45, 7) is 4.08. The Morgan fingerprint density at radius 3 is 2.62 bits per heavy atom. The lowest BCUT2D eigenvalue weighted by Gasteiger charge is -2.13. The monoisotopic (exact) mass is 303 g/mol. The van der Waals surface area contributed by atoms with Gasteiger partial charge in [-0.3, -0.25) is 4.79 Å². The summed E-state index contributed by atoms with van der Waals surface area (Å²) in [5, 5.41) is 3.45. The third-order valence-corrected chi connectivity index (χ3v) is 3.36. The van der Waals surface area contributed by atoms with E-state index in [9.17, 15) is 4.79 Å². The maximum atomic E-state index is 12.1. The zero-order chi connectivity index (χ0) is 15.2. The zero-order valence-corrected chi connectivity index (χ0v) is 12.9. The maximum absolute atomic E-state index is 12.1. The van der Waals surface area contributed by atoms with Crippen LogP contribution < -0.4 is 10.1 Å². The van der Waals surface area contributed by atoms with Crippen LogP contribution in [0.4, 0.5) is 5.69 Å². The number of ether oxygens (including phenoxy) is 1. The molecule has 2 aromatic rings. The minimum Gasteiger partial charge on any atom is -0.491 e. The van der Waals surface area contributed by atoms with E-state index in [0.717, 1.165) is 12.2 Å². The van der Waals surface area contributed by atoms with Crippen molar-refractivity contribution in [3.63, 3.8) is 0 Å². The summed E-state index contributed by atoms with van der Waals surface area (Å²) >= 11 is 5.81. The highest BCUT2D eigenvalue weighted by atomic mass is 35.5. The van der Waals surface area contributed by atoms with Crippen molar-refractivity contribution in [1.82, 2.24) is 0 Å². The number of hydrogen-bond acceptors (Lipinski definition) is 2. The number of rotatable bonds is 5. The molecule has 4 heteroatoms. The van der Waals surface area contributed by atoms with E-state index in [-0.39, 0.29) is 12.0 Å². The minimum absolute atomic E-state index is 0.146. The molecular formula is C17H18ClNO2. The molecule has 21 heavy (non-hydrogen) atoms. The molecule has 0 spiro atoms. The molecule has 0 bridgehead atoms. The maximum Gasteiger partial charge on any atom is 0.255 e.